The zero-order chi connectivity index (χ0) is 10.9. The Kier molecular flexibility index (Phi) is 2.78. The van der Waals surface area contributed by atoms with Gasteiger partial charge in [-0.3, -0.25) is 14.4 Å². The van der Waals surface area contributed by atoms with Gasteiger partial charge in [0.15, 0.2) is 0 Å². The van der Waals surface area contributed by atoms with Gasteiger partial charge in [0.25, 0.3) is 0 Å². The Bertz CT molecular complexity index is 282. The molecule has 1 heterocycles. The number of carbonyl (C=O) groups excluding carboxylic acids is 2. The van der Waals surface area contributed by atoms with Crippen LogP contribution in [0.3, 0.4) is 0 Å². The molecule has 2 aliphatic rings. The van der Waals surface area contributed by atoms with Gasteiger partial charge in [0.05, 0.1) is 13.0 Å². The fraction of sp³-hybridized carbons (Fsp3) is 0.818. The molecule has 1 amide bonds. The zero-order valence-corrected chi connectivity index (χ0v) is 9.12. The summed E-state index contributed by atoms with van der Waals surface area (Å²) in [6, 6.07) is 0. The van der Waals surface area contributed by atoms with Crippen LogP contribution in [0.2, 0.25) is 0 Å². The molecule has 1 saturated carbocycles. The SMILES string of the molecule is CC(=O)CCN1OC2(CCCC2)CC1=O. The Hall–Kier alpha value is -0.900. The number of ketones is 1. The summed E-state index contributed by atoms with van der Waals surface area (Å²) in [5.41, 5.74) is -0.214. The number of amides is 1. The Balaban J connectivity index is 1.92. The largest absolute Gasteiger partial charge is 0.300 e. The predicted octanol–water partition coefficient (Wildman–Crippen LogP) is 1.44. The highest BCUT2D eigenvalue weighted by Crippen LogP contribution is 2.41. The summed E-state index contributed by atoms with van der Waals surface area (Å²) in [7, 11) is 0. The van der Waals surface area contributed by atoms with Crippen molar-refractivity contribution in [1.29, 1.82) is 0 Å². The lowest BCUT2D eigenvalue weighted by atomic mass is 9.99. The summed E-state index contributed by atoms with van der Waals surface area (Å²) in [6.45, 7) is 1.95. The number of nitrogens with zero attached hydrogens (tertiary/aromatic N) is 1. The summed E-state index contributed by atoms with van der Waals surface area (Å²) in [6.07, 6.45) is 5.15. The van der Waals surface area contributed by atoms with Crippen molar-refractivity contribution in [2.24, 2.45) is 0 Å². The molecule has 0 aromatic rings. The third kappa shape index (κ3) is 2.20. The molecule has 0 aromatic carbocycles. The quantitative estimate of drug-likeness (QED) is 0.709. The summed E-state index contributed by atoms with van der Waals surface area (Å²) < 4.78 is 0. The maximum Gasteiger partial charge on any atom is 0.249 e. The molecule has 0 aromatic heterocycles. The van der Waals surface area contributed by atoms with Crippen LogP contribution in [0.15, 0.2) is 0 Å². The Morgan fingerprint density at radius 3 is 2.73 bits per heavy atom. The summed E-state index contributed by atoms with van der Waals surface area (Å²) in [5.74, 6) is 0.136. The second-order valence-corrected chi connectivity index (χ2v) is 4.61. The fourth-order valence-corrected chi connectivity index (χ4v) is 2.40. The molecular weight excluding hydrogens is 194 g/mol. The van der Waals surface area contributed by atoms with Crippen molar-refractivity contribution in [3.05, 3.63) is 0 Å². The minimum Gasteiger partial charge on any atom is -0.300 e. The smallest absolute Gasteiger partial charge is 0.249 e. The second kappa shape index (κ2) is 3.93. The van der Waals surface area contributed by atoms with E-state index >= 15 is 0 Å². The Morgan fingerprint density at radius 2 is 2.13 bits per heavy atom. The van der Waals surface area contributed by atoms with Crippen LogP contribution in [0.4, 0.5) is 0 Å². The van der Waals surface area contributed by atoms with Crippen LogP contribution < -0.4 is 0 Å². The van der Waals surface area contributed by atoms with Crippen molar-refractivity contribution in [2.45, 2.75) is 51.0 Å². The van der Waals surface area contributed by atoms with Crippen molar-refractivity contribution in [2.75, 3.05) is 6.54 Å². The summed E-state index contributed by atoms with van der Waals surface area (Å²) in [5, 5.41) is 1.40. The summed E-state index contributed by atoms with van der Waals surface area (Å²) in [4.78, 5) is 28.2. The molecule has 15 heavy (non-hydrogen) atoms. The van der Waals surface area contributed by atoms with E-state index in [2.05, 4.69) is 0 Å². The highest BCUT2D eigenvalue weighted by molar-refractivity contribution is 5.80. The molecule has 1 saturated heterocycles. The molecule has 1 spiro atoms. The first-order valence-electron chi connectivity index (χ1n) is 5.60. The molecule has 84 valence electrons. The Labute approximate surface area is 89.5 Å². The maximum atomic E-state index is 11.6. The van der Waals surface area contributed by atoms with Gasteiger partial charge in [-0.05, 0) is 19.8 Å². The van der Waals surface area contributed by atoms with Gasteiger partial charge in [0.1, 0.15) is 11.4 Å². The number of hydrogen-bond donors (Lipinski definition) is 0. The van der Waals surface area contributed by atoms with Crippen molar-refractivity contribution in [3.63, 3.8) is 0 Å². The average molecular weight is 211 g/mol. The first-order chi connectivity index (χ1) is 7.11. The van der Waals surface area contributed by atoms with E-state index in [9.17, 15) is 9.59 Å². The molecule has 1 aliphatic carbocycles. The van der Waals surface area contributed by atoms with E-state index in [1.54, 1.807) is 0 Å². The van der Waals surface area contributed by atoms with Gasteiger partial charge in [0.2, 0.25) is 5.91 Å². The van der Waals surface area contributed by atoms with Crippen LogP contribution >= 0.6 is 0 Å². The molecule has 1 aliphatic heterocycles. The number of hydrogen-bond acceptors (Lipinski definition) is 3. The van der Waals surface area contributed by atoms with E-state index in [-0.39, 0.29) is 17.3 Å². The van der Waals surface area contributed by atoms with Crippen LogP contribution in [-0.4, -0.2) is 28.9 Å². The van der Waals surface area contributed by atoms with Gasteiger partial charge in [-0.25, -0.2) is 5.06 Å². The molecule has 0 atom stereocenters. The first-order valence-corrected chi connectivity index (χ1v) is 5.60. The van der Waals surface area contributed by atoms with E-state index in [1.807, 2.05) is 0 Å². The van der Waals surface area contributed by atoms with Crippen molar-refractivity contribution in [1.82, 2.24) is 5.06 Å². The van der Waals surface area contributed by atoms with Gasteiger partial charge in [-0.15, -0.1) is 0 Å². The molecule has 0 unspecified atom stereocenters. The van der Waals surface area contributed by atoms with Gasteiger partial charge in [-0.2, -0.15) is 0 Å². The standard InChI is InChI=1S/C11H17NO3/c1-9(13)4-7-12-10(14)8-11(15-12)5-2-3-6-11/h2-8H2,1H3. The lowest BCUT2D eigenvalue weighted by Crippen LogP contribution is -2.29. The van der Waals surface area contributed by atoms with Crippen LogP contribution in [0.1, 0.15) is 45.4 Å². The van der Waals surface area contributed by atoms with Gasteiger partial charge < -0.3 is 0 Å². The highest BCUT2D eigenvalue weighted by Gasteiger charge is 2.46. The van der Waals surface area contributed by atoms with Gasteiger partial charge >= 0.3 is 0 Å². The normalized spacial score (nSPS) is 24.1. The van der Waals surface area contributed by atoms with Crippen molar-refractivity contribution < 1.29 is 14.4 Å². The van der Waals surface area contributed by atoms with Crippen LogP contribution in [0.5, 0.6) is 0 Å². The molecule has 2 rings (SSSR count). The van der Waals surface area contributed by atoms with E-state index in [0.717, 1.165) is 25.7 Å². The van der Waals surface area contributed by atoms with E-state index < -0.39 is 0 Å². The summed E-state index contributed by atoms with van der Waals surface area (Å²) >= 11 is 0. The zero-order valence-electron chi connectivity index (χ0n) is 9.12. The van der Waals surface area contributed by atoms with Gasteiger partial charge in [-0.1, -0.05) is 12.8 Å². The lowest BCUT2D eigenvalue weighted by Gasteiger charge is -2.22. The monoisotopic (exact) mass is 211 g/mol. The minimum absolute atomic E-state index is 0.0400. The molecule has 0 radical (unpaired) electrons. The molecule has 0 bridgehead atoms. The van der Waals surface area contributed by atoms with Crippen molar-refractivity contribution in [3.8, 4) is 0 Å². The van der Waals surface area contributed by atoms with Gasteiger partial charge in [0, 0.05) is 6.42 Å². The number of rotatable bonds is 3. The van der Waals surface area contributed by atoms with E-state index in [1.165, 1.54) is 12.0 Å². The predicted molar refractivity (Wildman–Crippen MR) is 53.9 cm³/mol. The van der Waals surface area contributed by atoms with Crippen LogP contribution in [0, 0.1) is 0 Å². The molecule has 0 N–H and O–H groups in total. The topological polar surface area (TPSA) is 46.6 Å². The molecule has 4 nitrogen and oxygen atoms in total. The number of hydroxylamine groups is 2. The Morgan fingerprint density at radius 1 is 1.47 bits per heavy atom. The van der Waals surface area contributed by atoms with Crippen molar-refractivity contribution >= 4 is 11.7 Å². The van der Waals surface area contributed by atoms with Crippen LogP contribution in [0.25, 0.3) is 0 Å². The molecule has 2 fully saturated rings. The third-order valence-corrected chi connectivity index (χ3v) is 3.24. The molecule has 4 heteroatoms. The highest BCUT2D eigenvalue weighted by atomic mass is 16.7. The van der Waals surface area contributed by atoms with E-state index in [0.29, 0.717) is 19.4 Å². The number of carbonyl (C=O) groups is 2. The molecular formula is C11H17NO3. The lowest BCUT2D eigenvalue weighted by molar-refractivity contribution is -0.198. The maximum absolute atomic E-state index is 11.6. The number of Topliss-reactive ketones (excluding diaryl/α,β-unsaturated/α-hetero) is 1. The fourth-order valence-electron chi connectivity index (χ4n) is 2.40. The van der Waals surface area contributed by atoms with Crippen LogP contribution in [-0.2, 0) is 14.4 Å². The minimum atomic E-state index is -0.214. The average Bonchev–Trinajstić information content (AvgIpc) is 2.72. The first kappa shape index (κ1) is 10.6. The van der Waals surface area contributed by atoms with E-state index in [4.69, 9.17) is 4.84 Å². The second-order valence-electron chi connectivity index (χ2n) is 4.61. The third-order valence-electron chi connectivity index (χ3n) is 3.24.